The third kappa shape index (κ3) is 9.94. The van der Waals surface area contributed by atoms with Gasteiger partial charge in [-0.3, -0.25) is 9.59 Å². The molecule has 0 amide bonds. The Morgan fingerprint density at radius 2 is 0.681 bits per heavy atom. The number of thiophene rings is 4. The lowest BCUT2D eigenvalue weighted by atomic mass is 9.88. The van der Waals surface area contributed by atoms with Crippen molar-refractivity contribution in [3.05, 3.63) is 249 Å². The fourth-order valence-corrected chi connectivity index (χ4v) is 16.7. The molecule has 6 aromatic carbocycles. The summed E-state index contributed by atoms with van der Waals surface area (Å²) in [4.78, 5) is 103. The Balaban J connectivity index is 1.04. The van der Waals surface area contributed by atoms with Crippen molar-refractivity contribution in [2.45, 2.75) is 37.6 Å². The van der Waals surface area contributed by atoms with Gasteiger partial charge in [0.1, 0.15) is 94.8 Å². The van der Waals surface area contributed by atoms with Crippen molar-refractivity contribution in [2.75, 3.05) is 0 Å². The van der Waals surface area contributed by atoms with Crippen molar-refractivity contribution < 1.29 is 57.2 Å². The normalized spacial score (nSPS) is 14.9. The zero-order valence-electron chi connectivity index (χ0n) is 48.4. The van der Waals surface area contributed by atoms with E-state index in [-0.39, 0.29) is 133 Å². The Labute approximate surface area is 549 Å². The summed E-state index contributed by atoms with van der Waals surface area (Å²) in [6.07, 6.45) is 0. The minimum Gasteiger partial charge on any atom is -0.458 e. The van der Waals surface area contributed by atoms with E-state index in [4.69, 9.17) is 38.4 Å². The van der Waals surface area contributed by atoms with E-state index in [1.807, 2.05) is 24.3 Å². The number of fused-ring (bicyclic) bond motifs is 11. The number of rotatable bonds is 14. The highest BCUT2D eigenvalue weighted by atomic mass is 32.1. The molecule has 452 valence electrons. The lowest BCUT2D eigenvalue weighted by Crippen LogP contribution is -2.52. The van der Waals surface area contributed by atoms with Gasteiger partial charge in [0.25, 0.3) is 0 Å². The number of aliphatic imine (C=N–C) groups is 2. The molecule has 4 aromatic heterocycles. The molecule has 94 heavy (non-hydrogen) atoms. The number of nitriles is 4. The average Bonchev–Trinajstić information content (AvgIpc) is 1.50. The van der Waals surface area contributed by atoms with Gasteiger partial charge in [-0.05, 0) is 33.4 Å². The number of ether oxygens (including phenoxy) is 6. The first kappa shape index (κ1) is 59.6. The molecule has 0 bridgehead atoms. The topological polar surface area (TPSA) is 278 Å². The number of benzene rings is 6. The molecule has 0 fully saturated rings. The monoisotopic (exact) mass is 1310 g/mol. The smallest absolute Gasteiger partial charge is 0.367 e. The first-order valence-electron chi connectivity index (χ1n) is 28.6. The summed E-state index contributed by atoms with van der Waals surface area (Å²) in [6.45, 7) is -1.49. The molecule has 0 radical (unpaired) electrons. The number of allylic oxidation sites excluding steroid dienone is 4. The van der Waals surface area contributed by atoms with E-state index >= 15 is 19.2 Å². The van der Waals surface area contributed by atoms with Gasteiger partial charge in [-0.25, -0.2) is 29.2 Å². The van der Waals surface area contributed by atoms with Gasteiger partial charge in [-0.15, -0.1) is 45.3 Å². The number of nitrogens with zero attached hydrogens (tertiary/aromatic N) is 6. The van der Waals surface area contributed by atoms with E-state index in [1.54, 1.807) is 170 Å². The third-order valence-corrected chi connectivity index (χ3v) is 20.6. The van der Waals surface area contributed by atoms with Crippen molar-refractivity contribution in [2.24, 2.45) is 9.98 Å². The molecule has 0 unspecified atom stereocenters. The quantitative estimate of drug-likeness (QED) is 0.0423. The second-order valence-corrected chi connectivity index (χ2v) is 25.4. The molecule has 14 rings (SSSR count). The Morgan fingerprint density at radius 3 is 0.979 bits per heavy atom. The number of esters is 4. The molecule has 2 aliphatic heterocycles. The van der Waals surface area contributed by atoms with Crippen LogP contribution in [0, 0.1) is 45.3 Å². The summed E-state index contributed by atoms with van der Waals surface area (Å²) in [5.41, 5.74) is -4.16. The average molecular weight is 1310 g/mol. The van der Waals surface area contributed by atoms with Gasteiger partial charge in [0.15, 0.2) is 0 Å². The molecule has 0 atom stereocenters. The Morgan fingerprint density at radius 1 is 0.394 bits per heavy atom. The number of ketones is 2. The van der Waals surface area contributed by atoms with Crippen LogP contribution in [0.1, 0.15) is 65.2 Å². The van der Waals surface area contributed by atoms with Crippen LogP contribution in [0.5, 0.6) is 11.5 Å². The summed E-state index contributed by atoms with van der Waals surface area (Å²) < 4.78 is 38.8. The van der Waals surface area contributed by atoms with Gasteiger partial charge in [-0.2, -0.15) is 21.0 Å². The predicted octanol–water partition coefficient (Wildman–Crippen LogP) is 14.1. The van der Waals surface area contributed by atoms with Gasteiger partial charge >= 0.3 is 35.1 Å². The van der Waals surface area contributed by atoms with Crippen LogP contribution < -0.4 is 9.47 Å². The predicted molar refractivity (Wildman–Crippen MR) is 348 cm³/mol. The highest BCUT2D eigenvalue weighted by Crippen LogP contribution is 2.65. The van der Waals surface area contributed by atoms with Crippen molar-refractivity contribution in [3.8, 4) is 55.3 Å². The molecule has 10 aromatic rings. The molecular formula is C72H38N6O12S4. The van der Waals surface area contributed by atoms with E-state index in [0.717, 1.165) is 45.3 Å². The highest BCUT2D eigenvalue weighted by molar-refractivity contribution is 7.35. The molecule has 0 spiro atoms. The van der Waals surface area contributed by atoms with Crippen LogP contribution in [-0.4, -0.2) is 46.9 Å². The molecule has 4 aliphatic rings. The van der Waals surface area contributed by atoms with Gasteiger partial charge in [0.05, 0.1) is 40.0 Å². The molecule has 0 N–H and O–H groups in total. The van der Waals surface area contributed by atoms with E-state index < -0.39 is 46.6 Å². The van der Waals surface area contributed by atoms with Crippen LogP contribution in [-0.2, 0) is 75.8 Å². The van der Waals surface area contributed by atoms with Crippen LogP contribution >= 0.6 is 45.3 Å². The van der Waals surface area contributed by atoms with Crippen LogP contribution in [0.4, 0.5) is 10.0 Å². The highest BCUT2D eigenvalue weighted by Gasteiger charge is 2.64. The van der Waals surface area contributed by atoms with E-state index in [9.17, 15) is 30.6 Å². The number of hydrogen-bond acceptors (Lipinski definition) is 22. The summed E-state index contributed by atoms with van der Waals surface area (Å²) in [5, 5.41) is 41.0. The lowest BCUT2D eigenvalue weighted by molar-refractivity contribution is -0.184. The number of carbonyl (C=O) groups is 6. The summed E-state index contributed by atoms with van der Waals surface area (Å²) in [6, 6.07) is 58.0. The third-order valence-electron chi connectivity index (χ3n) is 15.7. The summed E-state index contributed by atoms with van der Waals surface area (Å²) in [5.74, 6) is -6.38. The SMILES string of the molecule is N#CC(C#N)=C1C(=Nc2cc3c(s2)-c2sc4c5c(sc4c2C(C(=O)OCc2ccccc2)(C(=O)OCc2ccccc2)O3)-c2sc(N=C3C(=O)c4ccccc4C3=C(C#N)C#N)cc2OC5(C(=O)OCc2ccccc2)C(=O)OCc2ccccc2)C(=O)c2ccccc21. The van der Waals surface area contributed by atoms with Crippen LogP contribution in [0.2, 0.25) is 0 Å². The maximum atomic E-state index is 15.9. The minimum absolute atomic E-state index is 0.00626. The van der Waals surface area contributed by atoms with Gasteiger partial charge in [0, 0.05) is 34.4 Å². The van der Waals surface area contributed by atoms with Gasteiger partial charge < -0.3 is 28.4 Å². The second kappa shape index (κ2) is 24.3. The zero-order chi connectivity index (χ0) is 64.8. The fraction of sp³-hybridized carbons (Fsp3) is 0.0833. The molecule has 0 saturated heterocycles. The van der Waals surface area contributed by atoms with Crippen LogP contribution in [0.3, 0.4) is 0 Å². The van der Waals surface area contributed by atoms with Crippen LogP contribution in [0.25, 0.3) is 40.1 Å². The number of carbonyl (C=O) groups excluding carboxylic acids is 6. The van der Waals surface area contributed by atoms with E-state index in [2.05, 4.69) is 0 Å². The van der Waals surface area contributed by atoms with Crippen LogP contribution in [0.15, 0.2) is 203 Å². The first-order chi connectivity index (χ1) is 45.9. The maximum Gasteiger partial charge on any atom is 0.367 e. The van der Waals surface area contributed by atoms with Crippen molar-refractivity contribution in [3.63, 3.8) is 0 Å². The van der Waals surface area contributed by atoms with E-state index in [0.29, 0.717) is 33.4 Å². The Hall–Kier alpha value is -12.0. The molecular weight excluding hydrogens is 1270 g/mol. The van der Waals surface area contributed by atoms with Gasteiger partial charge in [-0.1, -0.05) is 170 Å². The Kier molecular flexibility index (Phi) is 15.4. The standard InChI is InChI=1S/C72H38N6O12S4/c73-31-43(32-74)53-45-25-13-15-27-47(45)59(79)57(53)77-51-29-49-61(91-51)63-55(71(89-49,67(81)85-35-39-17-5-1-6-18-39)68(82)86-36-40-19-7-2-8-20-40)65-66(93-63)56-64(94-65)62-50(30-52(92-62)78-58-54(44(33-75)34-76)46-26-14-16-28-48(46)60(58)80)90-72(56,69(83)87-37-41-21-9-3-10-22-41)70(84)88-38-42-23-11-4-12-24-42/h1-30H,35-38H2. The first-order valence-corrected chi connectivity index (χ1v) is 31.8. The van der Waals surface area contributed by atoms with E-state index in [1.165, 1.54) is 12.1 Å². The molecule has 22 heteroatoms. The minimum atomic E-state index is -2.90. The molecule has 6 heterocycles. The van der Waals surface area contributed by atoms with Crippen molar-refractivity contribution in [1.29, 1.82) is 21.0 Å². The lowest BCUT2D eigenvalue weighted by Gasteiger charge is -2.33. The largest absolute Gasteiger partial charge is 0.458 e. The fourth-order valence-electron chi connectivity index (χ4n) is 11.4. The zero-order valence-corrected chi connectivity index (χ0v) is 51.6. The number of hydrogen-bond donors (Lipinski definition) is 0. The molecule has 0 saturated carbocycles. The maximum absolute atomic E-state index is 15.9. The molecule has 18 nitrogen and oxygen atoms in total. The van der Waals surface area contributed by atoms with Crippen molar-refractivity contribution >= 4 is 123 Å². The number of Topliss-reactive ketones (excluding diaryl/α,β-unsaturated/α-hetero) is 2. The second-order valence-electron chi connectivity index (χ2n) is 21.3. The molecule has 2 aliphatic carbocycles. The summed E-state index contributed by atoms with van der Waals surface area (Å²) >= 11 is 3.83. The Bertz CT molecular complexity index is 4760. The van der Waals surface area contributed by atoms with Crippen molar-refractivity contribution in [1.82, 2.24) is 0 Å². The van der Waals surface area contributed by atoms with Gasteiger partial charge in [0.2, 0.25) is 11.6 Å². The summed E-state index contributed by atoms with van der Waals surface area (Å²) in [7, 11) is 0.